The smallest absolute Gasteiger partial charge is 0.230 e. The molecular weight excluding hydrogens is 272 g/mol. The van der Waals surface area contributed by atoms with Crippen LogP contribution < -0.4 is 5.32 Å². The Bertz CT molecular complexity index is 564. The number of anilines is 1. The van der Waals surface area contributed by atoms with Crippen molar-refractivity contribution in [3.8, 4) is 11.8 Å². The van der Waals surface area contributed by atoms with E-state index < -0.39 is 0 Å². The summed E-state index contributed by atoms with van der Waals surface area (Å²) in [6, 6.07) is 0. The maximum absolute atomic E-state index is 12.3. The number of aliphatic hydroxyl groups excluding tert-OH is 1. The molecule has 1 amide bonds. The molecule has 1 heterocycles. The summed E-state index contributed by atoms with van der Waals surface area (Å²) in [6.45, 7) is 8.52. The average molecular weight is 292 g/mol. The third-order valence-electron chi connectivity index (χ3n) is 4.47. The number of aliphatic hydroxyl groups is 1. The van der Waals surface area contributed by atoms with Gasteiger partial charge in [-0.3, -0.25) is 4.79 Å². The number of hydrogen-bond donors (Lipinski definition) is 2. The Morgan fingerprint density at radius 3 is 2.65 bits per heavy atom. The summed E-state index contributed by atoms with van der Waals surface area (Å²) in [5.74, 6) is 5.80. The van der Waals surface area contributed by atoms with Gasteiger partial charge in [0.1, 0.15) is 0 Å². The Balaban J connectivity index is 1.99. The predicted octanol–water partition coefficient (Wildman–Crippen LogP) is 2.50. The Morgan fingerprint density at radius 1 is 1.45 bits per heavy atom. The second-order valence-electron chi connectivity index (χ2n) is 6.17. The first kappa shape index (κ1) is 15.0. The number of nitrogens with one attached hydrogen (secondary N) is 1. The third-order valence-corrected chi connectivity index (χ3v) is 5.30. The maximum Gasteiger partial charge on any atom is 0.230 e. The van der Waals surface area contributed by atoms with Crippen LogP contribution in [0.25, 0.3) is 0 Å². The van der Waals surface area contributed by atoms with Gasteiger partial charge in [0.15, 0.2) is 5.13 Å². The van der Waals surface area contributed by atoms with E-state index in [0.29, 0.717) is 11.6 Å². The highest BCUT2D eigenvalue weighted by molar-refractivity contribution is 7.16. The van der Waals surface area contributed by atoms with E-state index in [9.17, 15) is 4.79 Å². The van der Waals surface area contributed by atoms with Crippen molar-refractivity contribution in [1.29, 1.82) is 0 Å². The number of nitrogens with zero attached hydrogens (tertiary/aromatic N) is 1. The zero-order valence-corrected chi connectivity index (χ0v) is 13.1. The highest BCUT2D eigenvalue weighted by atomic mass is 32.1. The van der Waals surface area contributed by atoms with Gasteiger partial charge >= 0.3 is 0 Å². The summed E-state index contributed by atoms with van der Waals surface area (Å²) in [6.07, 6.45) is 2.10. The van der Waals surface area contributed by atoms with Crippen LogP contribution in [0.2, 0.25) is 0 Å². The molecule has 108 valence electrons. The second-order valence-corrected chi connectivity index (χ2v) is 7.20. The largest absolute Gasteiger partial charge is 0.395 e. The molecule has 20 heavy (non-hydrogen) atoms. The molecule has 0 aliphatic heterocycles. The Kier molecular flexibility index (Phi) is 3.90. The number of hydrogen-bond acceptors (Lipinski definition) is 4. The second kappa shape index (κ2) is 5.19. The van der Waals surface area contributed by atoms with Crippen LogP contribution in [0.3, 0.4) is 0 Å². The van der Waals surface area contributed by atoms with Gasteiger partial charge < -0.3 is 10.4 Å². The van der Waals surface area contributed by atoms with Crippen LogP contribution in [-0.4, -0.2) is 22.6 Å². The van der Waals surface area contributed by atoms with Gasteiger partial charge in [-0.25, -0.2) is 4.98 Å². The molecule has 1 aliphatic carbocycles. The standard InChI is InChI=1S/C15H20N2O2S/c1-14(2)11(15(14,3)4)12(19)17-13-16-9-10(20-13)7-5-6-8-18/h9,11,18H,6,8H2,1-4H3,(H,16,17,19). The van der Waals surface area contributed by atoms with Gasteiger partial charge in [-0.1, -0.05) is 50.9 Å². The third kappa shape index (κ3) is 2.58. The molecular formula is C15H20N2O2S. The molecule has 4 nitrogen and oxygen atoms in total. The Morgan fingerprint density at radius 2 is 2.10 bits per heavy atom. The van der Waals surface area contributed by atoms with Gasteiger partial charge in [-0.2, -0.15) is 0 Å². The van der Waals surface area contributed by atoms with E-state index in [1.165, 1.54) is 11.3 Å². The van der Waals surface area contributed by atoms with Gasteiger partial charge in [0.25, 0.3) is 0 Å². The molecule has 0 spiro atoms. The SMILES string of the molecule is CC1(C)C(C(=O)Nc2ncc(C#CCCO)s2)C1(C)C. The van der Waals surface area contributed by atoms with Crippen molar-refractivity contribution in [2.45, 2.75) is 34.1 Å². The fourth-order valence-corrected chi connectivity index (χ4v) is 3.32. The lowest BCUT2D eigenvalue weighted by Crippen LogP contribution is -2.17. The molecule has 1 aromatic rings. The lowest BCUT2D eigenvalue weighted by molar-refractivity contribution is -0.118. The van der Waals surface area contributed by atoms with E-state index in [2.05, 4.69) is 49.8 Å². The number of carbonyl (C=O) groups is 1. The maximum atomic E-state index is 12.3. The molecule has 1 aliphatic rings. The number of thiazole rings is 1. The molecule has 0 aromatic carbocycles. The van der Waals surface area contributed by atoms with Gasteiger partial charge in [0, 0.05) is 12.3 Å². The van der Waals surface area contributed by atoms with E-state index in [1.54, 1.807) is 6.20 Å². The number of rotatable bonds is 3. The number of aromatic nitrogens is 1. The first-order valence-corrected chi connectivity index (χ1v) is 7.49. The van der Waals surface area contributed by atoms with Gasteiger partial charge in [-0.15, -0.1) is 0 Å². The molecule has 0 atom stereocenters. The molecule has 0 unspecified atom stereocenters. The van der Waals surface area contributed by atoms with Crippen molar-refractivity contribution >= 4 is 22.4 Å². The summed E-state index contributed by atoms with van der Waals surface area (Å²) >= 11 is 1.36. The van der Waals surface area contributed by atoms with Crippen LogP contribution in [0.4, 0.5) is 5.13 Å². The molecule has 2 N–H and O–H groups in total. The predicted molar refractivity (Wildman–Crippen MR) is 80.4 cm³/mol. The van der Waals surface area contributed by atoms with E-state index in [4.69, 9.17) is 5.11 Å². The monoisotopic (exact) mass is 292 g/mol. The minimum Gasteiger partial charge on any atom is -0.395 e. The van der Waals surface area contributed by atoms with Gasteiger partial charge in [0.2, 0.25) is 5.91 Å². The first-order valence-electron chi connectivity index (χ1n) is 6.67. The van der Waals surface area contributed by atoms with E-state index in [-0.39, 0.29) is 29.3 Å². The van der Waals surface area contributed by atoms with E-state index in [1.807, 2.05) is 0 Å². The molecule has 5 heteroatoms. The summed E-state index contributed by atoms with van der Waals surface area (Å²) < 4.78 is 0. The van der Waals surface area contributed by atoms with E-state index in [0.717, 1.165) is 4.88 Å². The lowest BCUT2D eigenvalue weighted by atomic mass is 10.0. The van der Waals surface area contributed by atoms with Crippen molar-refractivity contribution in [2.24, 2.45) is 16.7 Å². The average Bonchev–Trinajstić information content (AvgIpc) is 2.65. The van der Waals surface area contributed by atoms with Crippen LogP contribution in [0.15, 0.2) is 6.20 Å². The van der Waals surface area contributed by atoms with Crippen molar-refractivity contribution < 1.29 is 9.90 Å². The summed E-state index contributed by atoms with van der Waals surface area (Å²) in [4.78, 5) is 17.2. The van der Waals surface area contributed by atoms with Crippen LogP contribution in [-0.2, 0) is 4.79 Å². The fraction of sp³-hybridized carbons (Fsp3) is 0.600. The zero-order valence-electron chi connectivity index (χ0n) is 12.3. The number of amides is 1. The summed E-state index contributed by atoms with van der Waals surface area (Å²) in [5.41, 5.74) is 0.0518. The minimum absolute atomic E-state index is 0.0165. The minimum atomic E-state index is 0.0165. The normalized spacial score (nSPS) is 19.1. The molecule has 0 radical (unpaired) electrons. The highest BCUT2D eigenvalue weighted by Gasteiger charge is 2.68. The van der Waals surface area contributed by atoms with Crippen LogP contribution >= 0.6 is 11.3 Å². The van der Waals surface area contributed by atoms with Crippen molar-refractivity contribution in [1.82, 2.24) is 4.98 Å². The van der Waals surface area contributed by atoms with Gasteiger partial charge in [0.05, 0.1) is 17.7 Å². The molecule has 2 rings (SSSR count). The van der Waals surface area contributed by atoms with E-state index >= 15 is 0 Å². The van der Waals surface area contributed by atoms with Crippen molar-refractivity contribution in [3.05, 3.63) is 11.1 Å². The van der Waals surface area contributed by atoms with Crippen molar-refractivity contribution in [2.75, 3.05) is 11.9 Å². The quantitative estimate of drug-likeness (QED) is 0.841. The van der Waals surface area contributed by atoms with Gasteiger partial charge in [-0.05, 0) is 10.8 Å². The molecule has 1 saturated carbocycles. The summed E-state index contributed by atoms with van der Waals surface area (Å²) in [5, 5.41) is 12.1. The Hall–Kier alpha value is -1.38. The zero-order chi connectivity index (χ0) is 15.0. The topological polar surface area (TPSA) is 62.2 Å². The Labute approximate surface area is 123 Å². The first-order chi connectivity index (χ1) is 9.30. The molecule has 0 saturated heterocycles. The van der Waals surface area contributed by atoms with Crippen LogP contribution in [0, 0.1) is 28.6 Å². The highest BCUT2D eigenvalue weighted by Crippen LogP contribution is 2.68. The fourth-order valence-electron chi connectivity index (χ4n) is 2.62. The summed E-state index contributed by atoms with van der Waals surface area (Å²) in [7, 11) is 0. The van der Waals surface area contributed by atoms with Crippen LogP contribution in [0.1, 0.15) is 39.0 Å². The van der Waals surface area contributed by atoms with Crippen molar-refractivity contribution in [3.63, 3.8) is 0 Å². The molecule has 1 aromatic heterocycles. The lowest BCUT2D eigenvalue weighted by Gasteiger charge is -2.03. The number of carbonyl (C=O) groups excluding carboxylic acids is 1. The molecule has 0 bridgehead atoms. The molecule has 1 fully saturated rings. The van der Waals surface area contributed by atoms with Crippen LogP contribution in [0.5, 0.6) is 0 Å².